The van der Waals surface area contributed by atoms with E-state index in [4.69, 9.17) is 0 Å². The summed E-state index contributed by atoms with van der Waals surface area (Å²) in [5.41, 5.74) is 0.513. The summed E-state index contributed by atoms with van der Waals surface area (Å²) in [6.07, 6.45) is 2.74. The van der Waals surface area contributed by atoms with Crippen molar-refractivity contribution in [3.63, 3.8) is 0 Å². The predicted octanol–water partition coefficient (Wildman–Crippen LogP) is 1.45. The molecular formula is C17H26FN3O. The number of aliphatic hydroxyl groups is 1. The molecule has 0 aliphatic carbocycles. The second-order valence-corrected chi connectivity index (χ2v) is 6.82. The van der Waals surface area contributed by atoms with E-state index in [1.165, 1.54) is 12.1 Å². The van der Waals surface area contributed by atoms with Crippen molar-refractivity contribution in [2.45, 2.75) is 30.9 Å². The highest BCUT2D eigenvalue weighted by Crippen LogP contribution is 2.23. The molecule has 0 aromatic heterocycles. The van der Waals surface area contributed by atoms with Crippen molar-refractivity contribution in [2.75, 3.05) is 44.7 Å². The van der Waals surface area contributed by atoms with Gasteiger partial charge in [0.15, 0.2) is 0 Å². The summed E-state index contributed by atoms with van der Waals surface area (Å²) in [5.74, 6) is -0.192. The number of hydrogen-bond donors (Lipinski definition) is 2. The van der Waals surface area contributed by atoms with Crippen molar-refractivity contribution in [1.82, 2.24) is 10.2 Å². The molecule has 0 spiro atoms. The molecule has 2 saturated heterocycles. The van der Waals surface area contributed by atoms with E-state index in [0.29, 0.717) is 12.6 Å². The molecule has 3 rings (SSSR count). The van der Waals surface area contributed by atoms with Gasteiger partial charge in [-0.1, -0.05) is 0 Å². The molecule has 2 aliphatic rings. The molecule has 0 saturated carbocycles. The van der Waals surface area contributed by atoms with Crippen LogP contribution >= 0.6 is 0 Å². The lowest BCUT2D eigenvalue weighted by atomic mass is 9.91. The summed E-state index contributed by atoms with van der Waals surface area (Å²) in [6.45, 7) is 4.49. The number of piperidine rings is 1. The Morgan fingerprint density at radius 2 is 1.91 bits per heavy atom. The average Bonchev–Trinajstić information content (AvgIpc) is 2.99. The highest BCUT2D eigenvalue weighted by atomic mass is 19.1. The molecule has 122 valence electrons. The fourth-order valence-electron chi connectivity index (χ4n) is 3.36. The molecule has 0 bridgehead atoms. The molecule has 22 heavy (non-hydrogen) atoms. The Labute approximate surface area is 131 Å². The molecule has 0 radical (unpaired) electrons. The smallest absolute Gasteiger partial charge is 0.123 e. The summed E-state index contributed by atoms with van der Waals surface area (Å²) in [7, 11) is 2.10. The minimum atomic E-state index is -0.560. The van der Waals surface area contributed by atoms with Gasteiger partial charge in [-0.05, 0) is 50.6 Å². The van der Waals surface area contributed by atoms with Gasteiger partial charge in [0.1, 0.15) is 5.82 Å². The number of nitrogens with zero attached hydrogens (tertiary/aromatic N) is 2. The number of rotatable bonds is 4. The molecule has 4 nitrogen and oxygen atoms in total. The third kappa shape index (κ3) is 3.77. The number of halogens is 1. The van der Waals surface area contributed by atoms with Crippen LogP contribution in [0.25, 0.3) is 0 Å². The SMILES string of the molecule is CN1CCC(O)(CN[C@@H]2CCN(c3ccc(F)cc3)C2)CC1. The van der Waals surface area contributed by atoms with Crippen LogP contribution in [0.4, 0.5) is 10.1 Å². The second-order valence-electron chi connectivity index (χ2n) is 6.82. The fourth-order valence-corrected chi connectivity index (χ4v) is 3.36. The molecule has 1 aromatic rings. The van der Waals surface area contributed by atoms with Gasteiger partial charge in [0.2, 0.25) is 0 Å². The van der Waals surface area contributed by atoms with Gasteiger partial charge < -0.3 is 20.2 Å². The minimum absolute atomic E-state index is 0.192. The van der Waals surface area contributed by atoms with E-state index >= 15 is 0 Å². The quantitative estimate of drug-likeness (QED) is 0.883. The van der Waals surface area contributed by atoms with E-state index in [9.17, 15) is 9.50 Å². The maximum Gasteiger partial charge on any atom is 0.123 e. The van der Waals surface area contributed by atoms with Crippen molar-refractivity contribution < 1.29 is 9.50 Å². The summed E-state index contributed by atoms with van der Waals surface area (Å²) in [5, 5.41) is 14.2. The van der Waals surface area contributed by atoms with Crippen molar-refractivity contribution >= 4 is 5.69 Å². The normalized spacial score (nSPS) is 25.6. The van der Waals surface area contributed by atoms with Crippen molar-refractivity contribution in [3.8, 4) is 0 Å². The van der Waals surface area contributed by atoms with Crippen LogP contribution in [0.5, 0.6) is 0 Å². The summed E-state index contributed by atoms with van der Waals surface area (Å²) >= 11 is 0. The molecule has 5 heteroatoms. The Kier molecular flexibility index (Phi) is 4.66. The molecule has 0 unspecified atom stereocenters. The van der Waals surface area contributed by atoms with Crippen LogP contribution in [-0.2, 0) is 0 Å². The van der Waals surface area contributed by atoms with Gasteiger partial charge >= 0.3 is 0 Å². The van der Waals surface area contributed by atoms with Gasteiger partial charge in [-0.15, -0.1) is 0 Å². The first-order valence-corrected chi connectivity index (χ1v) is 8.19. The lowest BCUT2D eigenvalue weighted by molar-refractivity contribution is -0.0158. The second kappa shape index (κ2) is 6.52. The first-order valence-electron chi connectivity index (χ1n) is 8.19. The highest BCUT2D eigenvalue weighted by Gasteiger charge is 2.32. The Morgan fingerprint density at radius 1 is 1.23 bits per heavy atom. The summed E-state index contributed by atoms with van der Waals surface area (Å²) < 4.78 is 13.0. The van der Waals surface area contributed by atoms with E-state index in [-0.39, 0.29) is 5.82 Å². The topological polar surface area (TPSA) is 38.7 Å². The molecule has 2 heterocycles. The summed E-state index contributed by atoms with van der Waals surface area (Å²) in [4.78, 5) is 4.54. The van der Waals surface area contributed by atoms with Crippen LogP contribution in [0.2, 0.25) is 0 Å². The lowest BCUT2D eigenvalue weighted by Crippen LogP contribution is -2.51. The van der Waals surface area contributed by atoms with Crippen molar-refractivity contribution in [1.29, 1.82) is 0 Å². The number of benzene rings is 1. The van der Waals surface area contributed by atoms with Crippen LogP contribution in [-0.4, -0.2) is 61.4 Å². The Morgan fingerprint density at radius 3 is 2.59 bits per heavy atom. The van der Waals surface area contributed by atoms with Gasteiger partial charge in [0.05, 0.1) is 5.60 Å². The molecule has 1 aromatic carbocycles. The highest BCUT2D eigenvalue weighted by molar-refractivity contribution is 5.47. The van der Waals surface area contributed by atoms with Crippen LogP contribution in [0.1, 0.15) is 19.3 Å². The largest absolute Gasteiger partial charge is 0.388 e. The average molecular weight is 307 g/mol. The zero-order valence-corrected chi connectivity index (χ0v) is 13.3. The zero-order chi connectivity index (χ0) is 15.6. The van der Waals surface area contributed by atoms with Crippen molar-refractivity contribution in [2.24, 2.45) is 0 Å². The van der Waals surface area contributed by atoms with Gasteiger partial charge in [0.25, 0.3) is 0 Å². The molecule has 0 amide bonds. The maximum atomic E-state index is 13.0. The van der Waals surface area contributed by atoms with Crippen molar-refractivity contribution in [3.05, 3.63) is 30.1 Å². The number of hydrogen-bond acceptors (Lipinski definition) is 4. The zero-order valence-electron chi connectivity index (χ0n) is 13.3. The first kappa shape index (κ1) is 15.7. The van der Waals surface area contributed by atoms with Crippen LogP contribution in [0.15, 0.2) is 24.3 Å². The fraction of sp³-hybridized carbons (Fsp3) is 0.647. The third-order valence-electron chi connectivity index (χ3n) is 5.02. The standard InChI is InChI=1S/C17H26FN3O/c1-20-10-7-17(22,8-11-20)13-19-15-6-9-21(12-15)16-4-2-14(18)3-5-16/h2-5,15,19,22H,6-13H2,1H3/t15-/m1/s1. The number of nitrogens with one attached hydrogen (secondary N) is 1. The summed E-state index contributed by atoms with van der Waals surface area (Å²) in [6, 6.07) is 7.09. The molecular weight excluding hydrogens is 281 g/mol. The van der Waals surface area contributed by atoms with E-state index in [1.54, 1.807) is 0 Å². The third-order valence-corrected chi connectivity index (χ3v) is 5.02. The van der Waals surface area contributed by atoms with E-state index in [1.807, 2.05) is 12.1 Å². The van der Waals surface area contributed by atoms with E-state index < -0.39 is 5.60 Å². The maximum absolute atomic E-state index is 13.0. The van der Waals surface area contributed by atoms with Gasteiger partial charge in [-0.3, -0.25) is 0 Å². The van der Waals surface area contributed by atoms with Crippen LogP contribution in [0.3, 0.4) is 0 Å². The van der Waals surface area contributed by atoms with Gasteiger partial charge in [-0.2, -0.15) is 0 Å². The molecule has 2 fully saturated rings. The first-order chi connectivity index (χ1) is 10.5. The van der Waals surface area contributed by atoms with Crippen LogP contribution < -0.4 is 10.2 Å². The number of anilines is 1. The molecule has 2 N–H and O–H groups in total. The van der Waals surface area contributed by atoms with E-state index in [2.05, 4.69) is 22.2 Å². The van der Waals surface area contributed by atoms with E-state index in [0.717, 1.165) is 51.1 Å². The monoisotopic (exact) mass is 307 g/mol. The molecule has 2 aliphatic heterocycles. The lowest BCUT2D eigenvalue weighted by Gasteiger charge is -2.37. The molecule has 1 atom stereocenters. The van der Waals surface area contributed by atoms with Gasteiger partial charge in [0, 0.05) is 44.5 Å². The van der Waals surface area contributed by atoms with Gasteiger partial charge in [-0.25, -0.2) is 4.39 Å². The number of likely N-dealkylation sites (tertiary alicyclic amines) is 1. The minimum Gasteiger partial charge on any atom is -0.388 e. The Hall–Kier alpha value is -1.17. The predicted molar refractivity (Wildman–Crippen MR) is 86.7 cm³/mol. The Bertz CT molecular complexity index is 485. The van der Waals surface area contributed by atoms with Crippen LogP contribution in [0, 0.1) is 5.82 Å². The Balaban J connectivity index is 1.48.